The summed E-state index contributed by atoms with van der Waals surface area (Å²) in [5.74, 6) is 0.632. The fourth-order valence-electron chi connectivity index (χ4n) is 5.96. The molecule has 0 aliphatic carbocycles. The van der Waals surface area contributed by atoms with E-state index in [1.165, 1.54) is 44.9 Å². The van der Waals surface area contributed by atoms with Crippen molar-refractivity contribution < 1.29 is 17.7 Å². The van der Waals surface area contributed by atoms with E-state index in [0.29, 0.717) is 5.92 Å². The van der Waals surface area contributed by atoms with Gasteiger partial charge in [0.15, 0.2) is 0 Å². The normalized spacial score (nSPS) is 35.2. The highest BCUT2D eigenvalue weighted by Crippen LogP contribution is 2.59. The summed E-state index contributed by atoms with van der Waals surface area (Å²) in [7, 11) is 3.33. The molecule has 2 rings (SSSR count). The molecule has 2 heterocycles. The highest BCUT2D eigenvalue weighted by Gasteiger charge is 2.60. The molecule has 3 unspecified atom stereocenters. The van der Waals surface area contributed by atoms with Crippen molar-refractivity contribution in [1.29, 1.82) is 0 Å². The summed E-state index contributed by atoms with van der Waals surface area (Å²) in [4.78, 5) is 0. The lowest BCUT2D eigenvalue weighted by Gasteiger charge is -2.43. The van der Waals surface area contributed by atoms with Crippen LogP contribution in [0.5, 0.6) is 0 Å². The molecule has 2 fully saturated rings. The molecule has 3 atom stereocenters. The Labute approximate surface area is 157 Å². The lowest BCUT2D eigenvalue weighted by atomic mass is 9.85. The Morgan fingerprint density at radius 3 is 1.92 bits per heavy atom. The molecule has 2 saturated heterocycles. The van der Waals surface area contributed by atoms with Gasteiger partial charge in [-0.15, -0.1) is 0 Å². The van der Waals surface area contributed by atoms with Crippen molar-refractivity contribution in [1.82, 2.24) is 0 Å². The Kier molecular flexibility index (Phi) is 6.99. The van der Waals surface area contributed by atoms with E-state index in [0.717, 1.165) is 12.1 Å². The van der Waals surface area contributed by atoms with Gasteiger partial charge in [-0.2, -0.15) is 0 Å². The highest BCUT2D eigenvalue weighted by atomic mass is 28.4. The Hall–Kier alpha value is 0.274. The lowest BCUT2D eigenvalue weighted by Crippen LogP contribution is -2.50. The molecule has 148 valence electrons. The Bertz CT molecular complexity index is 439. The van der Waals surface area contributed by atoms with Crippen LogP contribution in [-0.2, 0) is 17.7 Å². The first kappa shape index (κ1) is 21.6. The van der Waals surface area contributed by atoms with Crippen molar-refractivity contribution >= 4 is 17.1 Å². The molecule has 0 spiro atoms. The second kappa shape index (κ2) is 8.11. The first-order chi connectivity index (χ1) is 11.8. The zero-order valence-electron chi connectivity index (χ0n) is 17.6. The van der Waals surface area contributed by atoms with Crippen molar-refractivity contribution in [3.63, 3.8) is 0 Å². The van der Waals surface area contributed by atoms with Crippen LogP contribution in [0.3, 0.4) is 0 Å². The van der Waals surface area contributed by atoms with Gasteiger partial charge in [-0.05, 0) is 37.3 Å². The van der Waals surface area contributed by atoms with Crippen LogP contribution >= 0.6 is 0 Å². The van der Waals surface area contributed by atoms with Crippen LogP contribution in [0.15, 0.2) is 0 Å². The number of hydrogen-bond acceptors (Lipinski definition) is 4. The molecule has 0 aromatic carbocycles. The van der Waals surface area contributed by atoms with E-state index in [2.05, 4.69) is 20.8 Å². The van der Waals surface area contributed by atoms with Crippen molar-refractivity contribution in [2.75, 3.05) is 28.4 Å². The summed E-state index contributed by atoms with van der Waals surface area (Å²) >= 11 is 0. The summed E-state index contributed by atoms with van der Waals surface area (Å²) in [5, 5.41) is 0.480. The molecule has 0 N–H and O–H groups in total. The molecular formula is C19H40O4Si2. The Balaban J connectivity index is 1.99. The van der Waals surface area contributed by atoms with Crippen LogP contribution in [0, 0.1) is 5.92 Å². The molecule has 4 nitrogen and oxygen atoms in total. The van der Waals surface area contributed by atoms with E-state index in [9.17, 15) is 0 Å². The standard InChI is InChI=1S/C19H40O4Si2/c1-17(19(3)14-10-16-25(19,22-6)23-7)11-8-12-18(2)13-9-15-24(18,20-4)21-5/h17H,8-16H2,1-7H3. The van der Waals surface area contributed by atoms with Crippen LogP contribution in [0.1, 0.15) is 65.7 Å². The smallest absolute Gasteiger partial charge is 0.344 e. The zero-order chi connectivity index (χ0) is 18.8. The first-order valence-electron chi connectivity index (χ1n) is 9.99. The van der Waals surface area contributed by atoms with E-state index in [1.807, 2.05) is 28.4 Å². The fourth-order valence-corrected chi connectivity index (χ4v) is 14.1. The Morgan fingerprint density at radius 2 is 1.36 bits per heavy atom. The van der Waals surface area contributed by atoms with Crippen LogP contribution < -0.4 is 0 Å². The van der Waals surface area contributed by atoms with Crippen molar-refractivity contribution in [2.24, 2.45) is 5.92 Å². The van der Waals surface area contributed by atoms with Gasteiger partial charge in [-0.25, -0.2) is 0 Å². The SMILES string of the molecule is CO[Si]1(OC)CCCC1(C)CCCC(C)C1(C)CCC[Si]1(OC)OC. The van der Waals surface area contributed by atoms with Crippen LogP contribution in [0.2, 0.25) is 22.2 Å². The molecule has 0 radical (unpaired) electrons. The molecule has 0 aromatic heterocycles. The van der Waals surface area contributed by atoms with Crippen LogP contribution in [-0.4, -0.2) is 45.6 Å². The summed E-state index contributed by atoms with van der Waals surface area (Å²) in [6, 6.07) is 2.29. The second-order valence-electron chi connectivity index (χ2n) is 8.80. The van der Waals surface area contributed by atoms with E-state index < -0.39 is 17.1 Å². The quantitative estimate of drug-likeness (QED) is 0.497. The summed E-state index contributed by atoms with van der Waals surface area (Å²) in [6.45, 7) is 7.24. The maximum Gasteiger partial charge on any atom is 0.344 e. The topological polar surface area (TPSA) is 36.9 Å². The monoisotopic (exact) mass is 388 g/mol. The van der Waals surface area contributed by atoms with Crippen molar-refractivity contribution in [3.8, 4) is 0 Å². The first-order valence-corrected chi connectivity index (χ1v) is 14.0. The minimum Gasteiger partial charge on any atom is -0.397 e. The fraction of sp³-hybridized carbons (Fsp3) is 1.00. The summed E-state index contributed by atoms with van der Waals surface area (Å²) in [5.41, 5.74) is 0. The zero-order valence-corrected chi connectivity index (χ0v) is 19.6. The van der Waals surface area contributed by atoms with Gasteiger partial charge in [0, 0.05) is 38.5 Å². The predicted molar refractivity (Wildman–Crippen MR) is 107 cm³/mol. The molecule has 25 heavy (non-hydrogen) atoms. The molecular weight excluding hydrogens is 348 g/mol. The summed E-state index contributed by atoms with van der Waals surface area (Å²) < 4.78 is 24.1. The van der Waals surface area contributed by atoms with Gasteiger partial charge in [0.2, 0.25) is 0 Å². The van der Waals surface area contributed by atoms with E-state index in [4.69, 9.17) is 17.7 Å². The molecule has 0 amide bonds. The lowest BCUT2D eigenvalue weighted by molar-refractivity contribution is 0.186. The average molecular weight is 389 g/mol. The third-order valence-corrected chi connectivity index (χ3v) is 17.5. The molecule has 0 aromatic rings. The minimum atomic E-state index is -2.08. The number of rotatable bonds is 9. The van der Waals surface area contributed by atoms with E-state index in [1.54, 1.807) is 0 Å². The summed E-state index contributed by atoms with van der Waals surface area (Å²) in [6.07, 6.45) is 8.69. The van der Waals surface area contributed by atoms with Crippen LogP contribution in [0.4, 0.5) is 0 Å². The minimum absolute atomic E-state index is 0.226. The third kappa shape index (κ3) is 3.43. The third-order valence-electron chi connectivity index (χ3n) is 8.00. The van der Waals surface area contributed by atoms with Gasteiger partial charge >= 0.3 is 17.1 Å². The van der Waals surface area contributed by atoms with E-state index in [-0.39, 0.29) is 10.1 Å². The van der Waals surface area contributed by atoms with Gasteiger partial charge in [0.1, 0.15) is 0 Å². The molecule has 2 aliphatic heterocycles. The molecule has 6 heteroatoms. The van der Waals surface area contributed by atoms with Gasteiger partial charge in [0.25, 0.3) is 0 Å². The molecule has 2 aliphatic rings. The van der Waals surface area contributed by atoms with Gasteiger partial charge in [-0.3, -0.25) is 0 Å². The maximum absolute atomic E-state index is 6.04. The van der Waals surface area contributed by atoms with E-state index >= 15 is 0 Å². The highest BCUT2D eigenvalue weighted by molar-refractivity contribution is 6.72. The maximum atomic E-state index is 6.04. The Morgan fingerprint density at radius 1 is 0.840 bits per heavy atom. The predicted octanol–water partition coefficient (Wildman–Crippen LogP) is 5.37. The second-order valence-corrected chi connectivity index (χ2v) is 16.8. The van der Waals surface area contributed by atoms with Crippen molar-refractivity contribution in [3.05, 3.63) is 0 Å². The van der Waals surface area contributed by atoms with Crippen molar-refractivity contribution in [2.45, 2.75) is 87.9 Å². The van der Waals surface area contributed by atoms with Gasteiger partial charge in [-0.1, -0.05) is 46.5 Å². The largest absolute Gasteiger partial charge is 0.397 e. The molecule has 0 bridgehead atoms. The number of hydrogen-bond donors (Lipinski definition) is 0. The van der Waals surface area contributed by atoms with Crippen LogP contribution in [0.25, 0.3) is 0 Å². The van der Waals surface area contributed by atoms with Gasteiger partial charge in [0.05, 0.1) is 0 Å². The molecule has 0 saturated carbocycles. The van der Waals surface area contributed by atoms with Gasteiger partial charge < -0.3 is 17.7 Å². The average Bonchev–Trinajstić information content (AvgIpc) is 3.13.